The largest absolute Gasteiger partial charge is 0.387 e. The van der Waals surface area contributed by atoms with Crippen LogP contribution in [0.1, 0.15) is 23.7 Å². The Balaban J connectivity index is 0.00000240. The van der Waals surface area contributed by atoms with Gasteiger partial charge in [-0.2, -0.15) is 0 Å². The minimum Gasteiger partial charge on any atom is -0.387 e. The van der Waals surface area contributed by atoms with Gasteiger partial charge in [-0.25, -0.2) is 9.97 Å². The van der Waals surface area contributed by atoms with Gasteiger partial charge in [0.15, 0.2) is 12.0 Å². The lowest BCUT2D eigenvalue weighted by molar-refractivity contribution is -0.0848. The third-order valence-electron chi connectivity index (χ3n) is 4.86. The molecule has 1 aromatic carbocycles. The number of ether oxygens (including phenoxy) is 1. The molecule has 0 spiro atoms. The summed E-state index contributed by atoms with van der Waals surface area (Å²) in [4.78, 5) is 8.43. The van der Waals surface area contributed by atoms with Gasteiger partial charge in [0, 0.05) is 11.2 Å². The van der Waals surface area contributed by atoms with Gasteiger partial charge in [0.05, 0.1) is 5.39 Å². The van der Waals surface area contributed by atoms with Gasteiger partial charge in [0.2, 0.25) is 0 Å². The number of halogens is 2. The van der Waals surface area contributed by atoms with E-state index in [2.05, 4.69) is 9.97 Å². The second-order valence-electron chi connectivity index (χ2n) is 6.66. The van der Waals surface area contributed by atoms with E-state index in [1.165, 1.54) is 4.57 Å². The molecular weight excluding hydrogens is 423 g/mol. The lowest BCUT2D eigenvalue weighted by Crippen LogP contribution is -2.34. The number of hydrogen-bond donors (Lipinski definition) is 5. The topological polar surface area (TPSA) is 133 Å². The standard InChI is InChI=1S/C18H19ClN4O5.ClH/c1-8-20-16(22-27)11-6-7-23(17(11)21-8)18-14(26)13(25)15(28-18)12(24)9-2-4-10(19)5-3-9;/h2-7,12-15,18,24-27H,1H3,(H,20,21,22);1H/t12-,13+,14-,15-,18-;/m1./s1. The van der Waals surface area contributed by atoms with Crippen molar-refractivity contribution in [2.75, 3.05) is 5.48 Å². The number of nitrogens with zero attached hydrogens (tertiary/aromatic N) is 3. The summed E-state index contributed by atoms with van der Waals surface area (Å²) in [5, 5.41) is 42.0. The average molecular weight is 443 g/mol. The van der Waals surface area contributed by atoms with Gasteiger partial charge in [-0.05, 0) is 30.7 Å². The van der Waals surface area contributed by atoms with Crippen LogP contribution >= 0.6 is 24.0 Å². The predicted octanol–water partition coefficient (Wildman–Crippen LogP) is 1.97. The van der Waals surface area contributed by atoms with Gasteiger partial charge in [-0.15, -0.1) is 12.4 Å². The molecule has 0 amide bonds. The van der Waals surface area contributed by atoms with E-state index in [4.69, 9.17) is 16.3 Å². The number of rotatable bonds is 4. The molecule has 5 N–H and O–H groups in total. The van der Waals surface area contributed by atoms with E-state index in [-0.39, 0.29) is 18.2 Å². The third kappa shape index (κ3) is 3.78. The number of aromatic nitrogens is 3. The number of benzene rings is 1. The highest BCUT2D eigenvalue weighted by molar-refractivity contribution is 6.30. The molecule has 3 aromatic rings. The Morgan fingerprint density at radius 3 is 2.48 bits per heavy atom. The van der Waals surface area contributed by atoms with Crippen LogP contribution in [0.15, 0.2) is 36.5 Å². The molecule has 4 rings (SSSR count). The number of aliphatic hydroxyl groups is 3. The SMILES string of the molecule is Cc1nc(NO)c2ccn([C@@H]3O[C@H]([C@H](O)c4ccc(Cl)cc4)[C@@H](O)[C@H]3O)c2n1.Cl. The molecule has 9 nitrogen and oxygen atoms in total. The van der Waals surface area contributed by atoms with Crippen LogP contribution in [-0.4, -0.2) is 53.4 Å². The fraction of sp³-hybridized carbons (Fsp3) is 0.333. The molecule has 1 aliphatic rings. The fourth-order valence-corrected chi connectivity index (χ4v) is 3.58. The summed E-state index contributed by atoms with van der Waals surface area (Å²) in [6.45, 7) is 1.66. The molecule has 0 aliphatic carbocycles. The van der Waals surface area contributed by atoms with Crippen molar-refractivity contribution in [1.82, 2.24) is 14.5 Å². The average Bonchev–Trinajstić information content (AvgIpc) is 3.22. The molecule has 0 saturated carbocycles. The minimum absolute atomic E-state index is 0. The van der Waals surface area contributed by atoms with Crippen molar-refractivity contribution in [3.05, 3.63) is 52.9 Å². The Bertz CT molecular complexity index is 1000. The quantitative estimate of drug-likeness (QED) is 0.387. The van der Waals surface area contributed by atoms with Crippen molar-refractivity contribution in [3.63, 3.8) is 0 Å². The summed E-state index contributed by atoms with van der Waals surface area (Å²) in [6, 6.07) is 8.15. The molecular formula is C18H20Cl2N4O5. The van der Waals surface area contributed by atoms with Crippen LogP contribution in [0.4, 0.5) is 5.82 Å². The first-order chi connectivity index (χ1) is 13.4. The van der Waals surface area contributed by atoms with Gasteiger partial charge >= 0.3 is 0 Å². The van der Waals surface area contributed by atoms with Crippen LogP contribution in [0.25, 0.3) is 11.0 Å². The molecule has 5 atom stereocenters. The predicted molar refractivity (Wildman–Crippen MR) is 107 cm³/mol. The molecule has 11 heteroatoms. The van der Waals surface area contributed by atoms with Gasteiger partial charge in [0.1, 0.15) is 35.9 Å². The second kappa shape index (κ2) is 8.41. The minimum atomic E-state index is -1.33. The van der Waals surface area contributed by atoms with E-state index < -0.39 is 30.6 Å². The zero-order valence-electron chi connectivity index (χ0n) is 15.2. The monoisotopic (exact) mass is 442 g/mol. The van der Waals surface area contributed by atoms with Crippen molar-refractivity contribution in [1.29, 1.82) is 0 Å². The molecule has 0 radical (unpaired) electrons. The summed E-state index contributed by atoms with van der Waals surface area (Å²) in [5.41, 5.74) is 2.93. The zero-order valence-corrected chi connectivity index (χ0v) is 16.7. The van der Waals surface area contributed by atoms with E-state index in [1.54, 1.807) is 43.5 Å². The van der Waals surface area contributed by atoms with Crippen LogP contribution in [0.2, 0.25) is 5.02 Å². The highest BCUT2D eigenvalue weighted by Crippen LogP contribution is 2.38. The van der Waals surface area contributed by atoms with Gasteiger partial charge in [0.25, 0.3) is 0 Å². The number of fused-ring (bicyclic) bond motifs is 1. The van der Waals surface area contributed by atoms with E-state index in [1.807, 2.05) is 5.48 Å². The van der Waals surface area contributed by atoms with Gasteiger partial charge in [-0.1, -0.05) is 23.7 Å². The lowest BCUT2D eigenvalue weighted by atomic mass is 9.99. The first kappa shape index (κ1) is 21.7. The highest BCUT2D eigenvalue weighted by Gasteiger charge is 2.47. The van der Waals surface area contributed by atoms with E-state index >= 15 is 0 Å². The molecule has 3 heterocycles. The maximum absolute atomic E-state index is 10.6. The summed E-state index contributed by atoms with van der Waals surface area (Å²) in [7, 11) is 0. The lowest BCUT2D eigenvalue weighted by Gasteiger charge is -2.21. The molecule has 1 fully saturated rings. The second-order valence-corrected chi connectivity index (χ2v) is 7.10. The first-order valence-electron chi connectivity index (χ1n) is 8.61. The molecule has 1 aliphatic heterocycles. The number of aryl methyl sites for hydroxylation is 1. The van der Waals surface area contributed by atoms with Gasteiger partial charge < -0.3 is 24.6 Å². The Morgan fingerprint density at radius 1 is 1.14 bits per heavy atom. The summed E-state index contributed by atoms with van der Waals surface area (Å²) < 4.78 is 7.37. The van der Waals surface area contributed by atoms with Crippen molar-refractivity contribution >= 4 is 40.9 Å². The Hall–Kier alpha value is -1.98. The van der Waals surface area contributed by atoms with Crippen LogP contribution in [0, 0.1) is 6.92 Å². The Morgan fingerprint density at radius 2 is 1.83 bits per heavy atom. The van der Waals surface area contributed by atoms with Gasteiger partial charge in [-0.3, -0.25) is 10.7 Å². The maximum Gasteiger partial charge on any atom is 0.164 e. The van der Waals surface area contributed by atoms with Crippen LogP contribution in [0.5, 0.6) is 0 Å². The fourth-order valence-electron chi connectivity index (χ4n) is 3.46. The molecule has 156 valence electrons. The van der Waals surface area contributed by atoms with Crippen LogP contribution in [0.3, 0.4) is 0 Å². The molecule has 1 saturated heterocycles. The summed E-state index contributed by atoms with van der Waals surface area (Å²) in [6.07, 6.45) is -4.23. The highest BCUT2D eigenvalue weighted by atomic mass is 35.5. The smallest absolute Gasteiger partial charge is 0.164 e. The first-order valence-corrected chi connectivity index (χ1v) is 8.99. The molecule has 29 heavy (non-hydrogen) atoms. The van der Waals surface area contributed by atoms with Crippen molar-refractivity contribution in [2.24, 2.45) is 0 Å². The third-order valence-corrected chi connectivity index (χ3v) is 5.11. The Labute approximate surface area is 176 Å². The number of anilines is 1. The normalized spacial score (nSPS) is 25.0. The molecule has 0 unspecified atom stereocenters. The summed E-state index contributed by atoms with van der Waals surface area (Å²) in [5.74, 6) is 0.613. The van der Waals surface area contributed by atoms with Crippen LogP contribution < -0.4 is 5.48 Å². The van der Waals surface area contributed by atoms with E-state index in [9.17, 15) is 20.5 Å². The zero-order chi connectivity index (χ0) is 20.0. The van der Waals surface area contributed by atoms with Crippen molar-refractivity contribution < 1.29 is 25.3 Å². The Kier molecular flexibility index (Phi) is 6.30. The molecule has 0 bridgehead atoms. The van der Waals surface area contributed by atoms with Crippen molar-refractivity contribution in [2.45, 2.75) is 37.6 Å². The number of hydrogen-bond acceptors (Lipinski definition) is 8. The molecule has 2 aromatic heterocycles. The number of aliphatic hydroxyl groups excluding tert-OH is 3. The maximum atomic E-state index is 10.6. The van der Waals surface area contributed by atoms with Crippen molar-refractivity contribution in [3.8, 4) is 0 Å². The van der Waals surface area contributed by atoms with E-state index in [0.717, 1.165) is 0 Å². The van der Waals surface area contributed by atoms with Crippen LogP contribution in [-0.2, 0) is 4.74 Å². The van der Waals surface area contributed by atoms with E-state index in [0.29, 0.717) is 27.4 Å². The summed E-state index contributed by atoms with van der Waals surface area (Å²) >= 11 is 5.87. The number of nitrogens with one attached hydrogen (secondary N) is 1.